The Hall–Kier alpha value is -3.31. The van der Waals surface area contributed by atoms with Crippen LogP contribution in [0.15, 0.2) is 66.7 Å². The number of benzene rings is 3. The fraction of sp³-hybridized carbons (Fsp3) is 0.333. The smallest absolute Gasteiger partial charge is 0.224 e. The van der Waals surface area contributed by atoms with Gasteiger partial charge in [-0.3, -0.25) is 4.79 Å². The van der Waals surface area contributed by atoms with E-state index in [-0.39, 0.29) is 5.91 Å². The number of aryl methyl sites for hydroxylation is 3. The van der Waals surface area contributed by atoms with Gasteiger partial charge in [0, 0.05) is 18.0 Å². The molecular weight excluding hydrogens is 470 g/mol. The second kappa shape index (κ2) is 12.6. The Morgan fingerprint density at radius 1 is 0.972 bits per heavy atom. The molecule has 0 atom stereocenters. The zero-order valence-corrected chi connectivity index (χ0v) is 21.9. The summed E-state index contributed by atoms with van der Waals surface area (Å²) in [6.45, 7) is 6.21. The molecule has 0 aliphatic rings. The van der Waals surface area contributed by atoms with Crippen LogP contribution in [0.4, 0.5) is 0 Å². The first-order valence-electron chi connectivity index (χ1n) is 12.6. The minimum absolute atomic E-state index is 0.0444. The summed E-state index contributed by atoms with van der Waals surface area (Å²) < 4.78 is 8.36. The number of halogens is 1. The van der Waals surface area contributed by atoms with Crippen molar-refractivity contribution in [2.24, 2.45) is 0 Å². The van der Waals surface area contributed by atoms with E-state index in [0.717, 1.165) is 60.4 Å². The quantitative estimate of drug-likeness (QED) is 0.226. The van der Waals surface area contributed by atoms with Crippen LogP contribution in [0, 0.1) is 13.8 Å². The maximum atomic E-state index is 12.2. The molecule has 0 aliphatic carbocycles. The number of nitrogens with one attached hydrogen (secondary N) is 1. The van der Waals surface area contributed by atoms with Crippen LogP contribution >= 0.6 is 11.6 Å². The highest BCUT2D eigenvalue weighted by Crippen LogP contribution is 2.20. The largest absolute Gasteiger partial charge is 0.492 e. The lowest BCUT2D eigenvalue weighted by Crippen LogP contribution is -2.26. The molecule has 0 radical (unpaired) electrons. The van der Waals surface area contributed by atoms with Crippen LogP contribution in [0.1, 0.15) is 41.8 Å². The van der Waals surface area contributed by atoms with Gasteiger partial charge >= 0.3 is 0 Å². The van der Waals surface area contributed by atoms with Crippen LogP contribution in [0.25, 0.3) is 11.0 Å². The summed E-state index contributed by atoms with van der Waals surface area (Å²) in [4.78, 5) is 17.1. The van der Waals surface area contributed by atoms with Gasteiger partial charge in [0.2, 0.25) is 5.91 Å². The first kappa shape index (κ1) is 25.8. The van der Waals surface area contributed by atoms with Crippen LogP contribution in [-0.2, 0) is 24.2 Å². The maximum absolute atomic E-state index is 12.2. The average molecular weight is 504 g/mol. The van der Waals surface area contributed by atoms with E-state index in [9.17, 15) is 4.79 Å². The molecule has 0 aliphatic heterocycles. The number of aromatic nitrogens is 2. The number of unbranched alkanes of at least 4 members (excludes halogenated alkanes) is 2. The molecule has 0 unspecified atom stereocenters. The number of nitrogens with zero attached hydrogens (tertiary/aromatic N) is 2. The normalized spacial score (nSPS) is 11.1. The van der Waals surface area contributed by atoms with E-state index in [1.807, 2.05) is 30.3 Å². The van der Waals surface area contributed by atoms with Crippen LogP contribution in [0.5, 0.6) is 5.75 Å². The molecular formula is C30H34ClN3O2. The molecule has 1 aromatic heterocycles. The van der Waals surface area contributed by atoms with Crippen molar-refractivity contribution in [2.45, 2.75) is 52.5 Å². The summed E-state index contributed by atoms with van der Waals surface area (Å²) in [6.07, 6.45) is 4.28. The molecule has 0 saturated heterocycles. The number of amides is 1. The Morgan fingerprint density at radius 3 is 2.50 bits per heavy atom. The van der Waals surface area contributed by atoms with Gasteiger partial charge in [0.1, 0.15) is 18.2 Å². The van der Waals surface area contributed by atoms with Gasteiger partial charge in [-0.15, -0.1) is 0 Å². The minimum Gasteiger partial charge on any atom is -0.492 e. The molecule has 1 heterocycles. The number of hydrogen-bond acceptors (Lipinski definition) is 3. The van der Waals surface area contributed by atoms with Gasteiger partial charge in [0.15, 0.2) is 0 Å². The van der Waals surface area contributed by atoms with E-state index in [0.29, 0.717) is 24.6 Å². The third-order valence-electron chi connectivity index (χ3n) is 6.19. The Balaban J connectivity index is 1.24. The van der Waals surface area contributed by atoms with E-state index >= 15 is 0 Å². The van der Waals surface area contributed by atoms with Crippen molar-refractivity contribution in [1.82, 2.24) is 14.9 Å². The van der Waals surface area contributed by atoms with Crippen molar-refractivity contribution in [3.8, 4) is 5.75 Å². The number of para-hydroxylation sites is 2. The van der Waals surface area contributed by atoms with Crippen molar-refractivity contribution in [2.75, 3.05) is 13.2 Å². The number of fused-ring (bicyclic) bond motifs is 1. The summed E-state index contributed by atoms with van der Waals surface area (Å²) >= 11 is 5.91. The minimum atomic E-state index is 0.0444. The van der Waals surface area contributed by atoms with Gasteiger partial charge in [0.25, 0.3) is 0 Å². The topological polar surface area (TPSA) is 56.1 Å². The van der Waals surface area contributed by atoms with Gasteiger partial charge in [-0.2, -0.15) is 0 Å². The van der Waals surface area contributed by atoms with E-state index in [4.69, 9.17) is 21.3 Å². The summed E-state index contributed by atoms with van der Waals surface area (Å²) in [7, 11) is 0. The van der Waals surface area contributed by atoms with Crippen molar-refractivity contribution >= 4 is 28.5 Å². The summed E-state index contributed by atoms with van der Waals surface area (Å²) in [6, 6.07) is 22.0. The van der Waals surface area contributed by atoms with Gasteiger partial charge in [0.05, 0.1) is 24.0 Å². The second-order valence-corrected chi connectivity index (χ2v) is 9.74. The Kier molecular flexibility index (Phi) is 9.01. The van der Waals surface area contributed by atoms with Crippen LogP contribution in [0.3, 0.4) is 0 Å². The zero-order valence-electron chi connectivity index (χ0n) is 21.1. The molecule has 3 aromatic carbocycles. The third-order valence-corrected chi connectivity index (χ3v) is 6.44. The van der Waals surface area contributed by atoms with Crippen LogP contribution in [-0.4, -0.2) is 28.6 Å². The second-order valence-electron chi connectivity index (χ2n) is 9.30. The number of rotatable bonds is 12. The van der Waals surface area contributed by atoms with Crippen molar-refractivity contribution in [3.63, 3.8) is 0 Å². The fourth-order valence-electron chi connectivity index (χ4n) is 4.50. The summed E-state index contributed by atoms with van der Waals surface area (Å²) in [5.74, 6) is 2.05. The summed E-state index contributed by atoms with van der Waals surface area (Å²) in [5, 5.41) is 3.70. The lowest BCUT2D eigenvalue weighted by molar-refractivity contribution is -0.120. The molecule has 6 heteroatoms. The molecule has 4 aromatic rings. The molecule has 4 rings (SSSR count). The molecule has 0 saturated carbocycles. The van der Waals surface area contributed by atoms with Crippen molar-refractivity contribution in [1.29, 1.82) is 0 Å². The fourth-order valence-corrected chi connectivity index (χ4v) is 4.63. The van der Waals surface area contributed by atoms with Crippen LogP contribution < -0.4 is 10.1 Å². The van der Waals surface area contributed by atoms with Gasteiger partial charge < -0.3 is 14.6 Å². The van der Waals surface area contributed by atoms with E-state index in [1.165, 1.54) is 11.1 Å². The van der Waals surface area contributed by atoms with E-state index in [1.54, 1.807) is 0 Å². The molecule has 188 valence electrons. The predicted molar refractivity (Wildman–Crippen MR) is 147 cm³/mol. The Morgan fingerprint density at radius 2 is 1.72 bits per heavy atom. The maximum Gasteiger partial charge on any atom is 0.224 e. The molecule has 0 bridgehead atoms. The van der Waals surface area contributed by atoms with Crippen LogP contribution in [0.2, 0.25) is 5.02 Å². The molecule has 0 fully saturated rings. The zero-order chi connectivity index (χ0) is 25.3. The monoisotopic (exact) mass is 503 g/mol. The van der Waals surface area contributed by atoms with Gasteiger partial charge in [-0.25, -0.2) is 4.98 Å². The lowest BCUT2D eigenvalue weighted by Gasteiger charge is -2.12. The molecule has 0 spiro atoms. The number of ether oxygens (including phenoxy) is 1. The summed E-state index contributed by atoms with van der Waals surface area (Å²) in [5.41, 5.74) is 5.55. The number of carbonyl (C=O) groups excluding carboxylic acids is 1. The molecule has 5 nitrogen and oxygen atoms in total. The van der Waals surface area contributed by atoms with E-state index < -0.39 is 0 Å². The lowest BCUT2D eigenvalue weighted by atomic mass is 10.1. The van der Waals surface area contributed by atoms with E-state index in [2.05, 4.69) is 60.1 Å². The molecule has 1 N–H and O–H groups in total. The standard InChI is InChI=1S/C30H34ClN3O2/c1-22-18-23(2)20-26(19-22)36-17-16-34-28-9-6-5-8-27(28)33-29(34)10-4-3-7-15-32-30(35)21-24-11-13-25(31)14-12-24/h5-6,8-9,11-14,18-20H,3-4,7,10,15-17,21H2,1-2H3,(H,32,35). The Bertz CT molecular complexity index is 1280. The molecule has 1 amide bonds. The first-order chi connectivity index (χ1) is 17.5. The highest BCUT2D eigenvalue weighted by molar-refractivity contribution is 6.30. The SMILES string of the molecule is Cc1cc(C)cc(OCCn2c(CCCCCNC(=O)Cc3ccc(Cl)cc3)nc3ccccc32)c1. The van der Waals surface area contributed by atoms with Crippen molar-refractivity contribution < 1.29 is 9.53 Å². The highest BCUT2D eigenvalue weighted by atomic mass is 35.5. The number of carbonyl (C=O) groups is 1. The average Bonchev–Trinajstić information content (AvgIpc) is 3.19. The molecule has 36 heavy (non-hydrogen) atoms. The van der Waals surface area contributed by atoms with Gasteiger partial charge in [-0.05, 0) is 79.8 Å². The Labute approximate surface area is 218 Å². The number of imidazole rings is 1. The van der Waals surface area contributed by atoms with Gasteiger partial charge in [-0.1, -0.05) is 48.4 Å². The van der Waals surface area contributed by atoms with Crippen molar-refractivity contribution in [3.05, 3.63) is 94.3 Å². The first-order valence-corrected chi connectivity index (χ1v) is 13.0. The number of hydrogen-bond donors (Lipinski definition) is 1. The predicted octanol–water partition coefficient (Wildman–Crippen LogP) is 6.46. The third kappa shape index (κ3) is 7.34. The highest BCUT2D eigenvalue weighted by Gasteiger charge is 2.11.